The van der Waals surface area contributed by atoms with E-state index in [-0.39, 0.29) is 10.6 Å². The monoisotopic (exact) mass is 308 g/mol. The van der Waals surface area contributed by atoms with Crippen LogP contribution in [0.1, 0.15) is 23.9 Å². The first kappa shape index (κ1) is 15.3. The topological polar surface area (TPSA) is 48.1 Å². The van der Waals surface area contributed by atoms with Crippen LogP contribution in [-0.4, -0.2) is 9.97 Å². The number of benzene rings is 1. The van der Waals surface area contributed by atoms with E-state index < -0.39 is 17.4 Å². The molecule has 3 nitrogen and oxygen atoms in total. The number of aryl methyl sites for hydroxylation is 2. The van der Waals surface area contributed by atoms with E-state index in [2.05, 4.69) is 4.98 Å². The standard InChI is InChI=1S/C15H14F2N2OS/c1-3-12-13(5-4-8(2)19-12)20-14-10(16)6-9(15(18)21)7-11(14)17/h4-7H,3H2,1-2H3,(H2,18,21). The van der Waals surface area contributed by atoms with Gasteiger partial charge in [-0.2, -0.15) is 0 Å². The van der Waals surface area contributed by atoms with E-state index in [1.54, 1.807) is 12.1 Å². The summed E-state index contributed by atoms with van der Waals surface area (Å²) in [5, 5.41) is 0. The van der Waals surface area contributed by atoms with Crippen LogP contribution in [0.2, 0.25) is 0 Å². The molecule has 0 fully saturated rings. The fraction of sp³-hybridized carbons (Fsp3) is 0.200. The number of nitrogens with zero attached hydrogens (tertiary/aromatic N) is 1. The zero-order chi connectivity index (χ0) is 15.6. The lowest BCUT2D eigenvalue weighted by Gasteiger charge is -2.12. The van der Waals surface area contributed by atoms with Crippen LogP contribution in [0.15, 0.2) is 24.3 Å². The molecule has 0 aliphatic carbocycles. The van der Waals surface area contributed by atoms with Gasteiger partial charge in [0.15, 0.2) is 17.4 Å². The summed E-state index contributed by atoms with van der Waals surface area (Å²) in [5.74, 6) is -1.89. The maximum absolute atomic E-state index is 14.0. The number of hydrogen-bond acceptors (Lipinski definition) is 3. The molecular formula is C15H14F2N2OS. The van der Waals surface area contributed by atoms with Crippen LogP contribution in [0.5, 0.6) is 11.5 Å². The second-order valence-corrected chi connectivity index (χ2v) is 4.93. The third-order valence-electron chi connectivity index (χ3n) is 2.90. The Balaban J connectivity index is 2.43. The predicted molar refractivity (Wildman–Crippen MR) is 80.7 cm³/mol. The first-order valence-corrected chi connectivity index (χ1v) is 6.76. The highest BCUT2D eigenvalue weighted by molar-refractivity contribution is 7.80. The Kier molecular flexibility index (Phi) is 4.47. The minimum absolute atomic E-state index is 0.0781. The maximum atomic E-state index is 14.0. The molecule has 1 heterocycles. The van der Waals surface area contributed by atoms with Gasteiger partial charge in [0.2, 0.25) is 0 Å². The van der Waals surface area contributed by atoms with Gasteiger partial charge in [-0.05, 0) is 37.6 Å². The molecule has 1 aromatic carbocycles. The van der Waals surface area contributed by atoms with Gasteiger partial charge in [0.25, 0.3) is 0 Å². The summed E-state index contributed by atoms with van der Waals surface area (Å²) < 4.78 is 33.3. The minimum atomic E-state index is -0.861. The Bertz CT molecular complexity index is 681. The molecule has 0 saturated carbocycles. The zero-order valence-electron chi connectivity index (χ0n) is 11.6. The summed E-state index contributed by atoms with van der Waals surface area (Å²) in [6.45, 7) is 3.72. The number of hydrogen-bond donors (Lipinski definition) is 1. The quantitative estimate of drug-likeness (QED) is 0.876. The van der Waals surface area contributed by atoms with Gasteiger partial charge in [-0.1, -0.05) is 19.1 Å². The highest BCUT2D eigenvalue weighted by Gasteiger charge is 2.16. The van der Waals surface area contributed by atoms with E-state index >= 15 is 0 Å². The second kappa shape index (κ2) is 6.13. The largest absolute Gasteiger partial charge is 0.449 e. The summed E-state index contributed by atoms with van der Waals surface area (Å²) in [4.78, 5) is 4.20. The smallest absolute Gasteiger partial charge is 0.198 e. The summed E-state index contributed by atoms with van der Waals surface area (Å²) in [6, 6.07) is 5.46. The van der Waals surface area contributed by atoms with Gasteiger partial charge in [0, 0.05) is 11.3 Å². The minimum Gasteiger partial charge on any atom is -0.449 e. The molecule has 21 heavy (non-hydrogen) atoms. The maximum Gasteiger partial charge on any atom is 0.198 e. The van der Waals surface area contributed by atoms with Crippen LogP contribution in [0, 0.1) is 18.6 Å². The fourth-order valence-electron chi connectivity index (χ4n) is 1.85. The molecule has 0 saturated heterocycles. The molecule has 2 aromatic rings. The Morgan fingerprint density at radius 1 is 1.29 bits per heavy atom. The van der Waals surface area contributed by atoms with Crippen molar-refractivity contribution < 1.29 is 13.5 Å². The molecule has 0 aliphatic rings. The number of pyridine rings is 1. The number of aromatic nitrogens is 1. The zero-order valence-corrected chi connectivity index (χ0v) is 12.4. The molecule has 2 rings (SSSR count). The lowest BCUT2D eigenvalue weighted by molar-refractivity contribution is 0.402. The van der Waals surface area contributed by atoms with Crippen LogP contribution in [0.3, 0.4) is 0 Å². The van der Waals surface area contributed by atoms with Gasteiger partial charge >= 0.3 is 0 Å². The van der Waals surface area contributed by atoms with E-state index in [0.717, 1.165) is 17.8 Å². The average Bonchev–Trinajstić information content (AvgIpc) is 2.43. The van der Waals surface area contributed by atoms with Crippen LogP contribution in [0.25, 0.3) is 0 Å². The molecule has 2 N–H and O–H groups in total. The molecule has 0 unspecified atom stereocenters. The van der Waals surface area contributed by atoms with Gasteiger partial charge in [-0.15, -0.1) is 0 Å². The molecule has 110 valence electrons. The molecule has 0 aliphatic heterocycles. The van der Waals surface area contributed by atoms with Crippen LogP contribution >= 0.6 is 12.2 Å². The highest BCUT2D eigenvalue weighted by Crippen LogP contribution is 2.30. The van der Waals surface area contributed by atoms with Gasteiger partial charge in [-0.3, -0.25) is 4.98 Å². The van der Waals surface area contributed by atoms with Crippen molar-refractivity contribution in [1.82, 2.24) is 4.98 Å². The fourth-order valence-corrected chi connectivity index (χ4v) is 1.97. The van der Waals surface area contributed by atoms with E-state index in [0.29, 0.717) is 17.9 Å². The molecule has 0 atom stereocenters. The normalized spacial score (nSPS) is 10.5. The van der Waals surface area contributed by atoms with Crippen molar-refractivity contribution in [3.8, 4) is 11.5 Å². The van der Waals surface area contributed by atoms with Crippen molar-refractivity contribution in [2.75, 3.05) is 0 Å². The summed E-state index contributed by atoms with van der Waals surface area (Å²) >= 11 is 4.70. The number of thiocarbonyl (C=S) groups is 1. The van der Waals surface area contributed by atoms with Crippen LogP contribution in [0.4, 0.5) is 8.78 Å². The van der Waals surface area contributed by atoms with E-state index in [9.17, 15) is 8.78 Å². The van der Waals surface area contributed by atoms with Gasteiger partial charge < -0.3 is 10.5 Å². The van der Waals surface area contributed by atoms with Crippen LogP contribution in [-0.2, 0) is 6.42 Å². The van der Waals surface area contributed by atoms with Gasteiger partial charge in [0.05, 0.1) is 5.69 Å². The van der Waals surface area contributed by atoms with Crippen molar-refractivity contribution in [3.63, 3.8) is 0 Å². The third kappa shape index (κ3) is 3.33. The van der Waals surface area contributed by atoms with E-state index in [4.69, 9.17) is 22.7 Å². The van der Waals surface area contributed by atoms with Crippen molar-refractivity contribution in [2.45, 2.75) is 20.3 Å². The summed E-state index contributed by atoms with van der Waals surface area (Å²) in [7, 11) is 0. The number of ether oxygens (including phenoxy) is 1. The van der Waals surface area contributed by atoms with E-state index in [1.165, 1.54) is 0 Å². The molecule has 1 aromatic heterocycles. The molecule has 0 bridgehead atoms. The molecule has 0 spiro atoms. The SMILES string of the molecule is CCc1nc(C)ccc1Oc1c(F)cc(C(N)=S)cc1F. The van der Waals surface area contributed by atoms with Crippen molar-refractivity contribution in [2.24, 2.45) is 5.73 Å². The Morgan fingerprint density at radius 3 is 2.43 bits per heavy atom. The average molecular weight is 308 g/mol. The number of nitrogens with two attached hydrogens (primary N) is 1. The van der Waals surface area contributed by atoms with Crippen LogP contribution < -0.4 is 10.5 Å². The molecule has 0 amide bonds. The first-order chi connectivity index (χ1) is 9.92. The molecular weight excluding hydrogens is 294 g/mol. The lowest BCUT2D eigenvalue weighted by atomic mass is 10.2. The highest BCUT2D eigenvalue weighted by atomic mass is 32.1. The summed E-state index contributed by atoms with van der Waals surface area (Å²) in [5.41, 5.74) is 6.92. The van der Waals surface area contributed by atoms with Gasteiger partial charge in [-0.25, -0.2) is 8.78 Å². The third-order valence-corrected chi connectivity index (χ3v) is 3.14. The predicted octanol–water partition coefficient (Wildman–Crippen LogP) is 3.66. The number of rotatable bonds is 4. The van der Waals surface area contributed by atoms with E-state index in [1.807, 2.05) is 13.8 Å². The summed E-state index contributed by atoms with van der Waals surface area (Å²) in [6.07, 6.45) is 0.589. The van der Waals surface area contributed by atoms with Gasteiger partial charge in [0.1, 0.15) is 10.7 Å². The lowest BCUT2D eigenvalue weighted by Crippen LogP contribution is -2.10. The second-order valence-electron chi connectivity index (χ2n) is 4.49. The Hall–Kier alpha value is -2.08. The van der Waals surface area contributed by atoms with Crippen molar-refractivity contribution in [3.05, 3.63) is 52.9 Å². The van der Waals surface area contributed by atoms with Crippen molar-refractivity contribution >= 4 is 17.2 Å². The first-order valence-electron chi connectivity index (χ1n) is 6.35. The number of halogens is 2. The Labute approximate surface area is 126 Å². The van der Waals surface area contributed by atoms with Crippen molar-refractivity contribution in [1.29, 1.82) is 0 Å². The molecule has 0 radical (unpaired) electrons. The Morgan fingerprint density at radius 2 is 1.90 bits per heavy atom. The molecule has 6 heteroatoms.